The predicted octanol–water partition coefficient (Wildman–Crippen LogP) is 1.63. The Morgan fingerprint density at radius 2 is 2.30 bits per heavy atom. The SMILES string of the molecule is CNCC1CCCN1C(=O)c1nc(-c2cnn(C)c2)oc1C.Cl. The van der Waals surface area contributed by atoms with Crippen LogP contribution in [0.15, 0.2) is 16.8 Å². The van der Waals surface area contributed by atoms with Crippen LogP contribution in [0.25, 0.3) is 11.5 Å². The molecule has 126 valence electrons. The van der Waals surface area contributed by atoms with E-state index in [0.29, 0.717) is 17.3 Å². The fourth-order valence-electron chi connectivity index (χ4n) is 2.94. The van der Waals surface area contributed by atoms with Gasteiger partial charge >= 0.3 is 0 Å². The van der Waals surface area contributed by atoms with Crippen molar-refractivity contribution < 1.29 is 9.21 Å². The molecule has 0 aliphatic carbocycles. The topological polar surface area (TPSA) is 76.2 Å². The number of aromatic nitrogens is 3. The standard InChI is InChI=1S/C15H21N5O2.ClH/c1-10-13(15(21)20-6-4-5-12(20)8-16-2)18-14(22-10)11-7-17-19(3)9-11;/h7,9,12,16H,4-6,8H2,1-3H3;1H. The molecule has 3 rings (SSSR count). The maximum absolute atomic E-state index is 12.8. The minimum absolute atomic E-state index is 0. The first-order valence-corrected chi connectivity index (χ1v) is 7.52. The molecule has 1 amide bonds. The van der Waals surface area contributed by atoms with Gasteiger partial charge in [-0.05, 0) is 26.8 Å². The van der Waals surface area contributed by atoms with Gasteiger partial charge in [-0.25, -0.2) is 4.98 Å². The molecule has 0 spiro atoms. The molecule has 8 heteroatoms. The summed E-state index contributed by atoms with van der Waals surface area (Å²) < 4.78 is 7.34. The van der Waals surface area contributed by atoms with Crippen molar-refractivity contribution in [3.05, 3.63) is 23.8 Å². The van der Waals surface area contributed by atoms with E-state index >= 15 is 0 Å². The van der Waals surface area contributed by atoms with Crippen LogP contribution < -0.4 is 5.32 Å². The monoisotopic (exact) mass is 339 g/mol. The van der Waals surface area contributed by atoms with Crippen LogP contribution in [0.4, 0.5) is 0 Å². The van der Waals surface area contributed by atoms with Gasteiger partial charge < -0.3 is 14.6 Å². The van der Waals surface area contributed by atoms with E-state index in [2.05, 4.69) is 15.4 Å². The van der Waals surface area contributed by atoms with E-state index < -0.39 is 0 Å². The summed E-state index contributed by atoms with van der Waals surface area (Å²) in [4.78, 5) is 19.1. The molecule has 2 aromatic heterocycles. The number of carbonyl (C=O) groups is 1. The fourth-order valence-corrected chi connectivity index (χ4v) is 2.94. The molecule has 1 fully saturated rings. The molecule has 3 heterocycles. The number of amides is 1. The lowest BCUT2D eigenvalue weighted by Crippen LogP contribution is -2.41. The number of halogens is 1. The minimum atomic E-state index is -0.0471. The van der Waals surface area contributed by atoms with Crippen LogP contribution >= 0.6 is 12.4 Å². The second-order valence-electron chi connectivity index (χ2n) is 5.68. The van der Waals surface area contributed by atoms with E-state index in [1.807, 2.05) is 25.2 Å². The van der Waals surface area contributed by atoms with E-state index in [-0.39, 0.29) is 24.4 Å². The van der Waals surface area contributed by atoms with Gasteiger partial charge in [0.1, 0.15) is 5.76 Å². The third kappa shape index (κ3) is 3.40. The van der Waals surface area contributed by atoms with Gasteiger partial charge in [0.05, 0.1) is 11.8 Å². The Morgan fingerprint density at radius 3 is 2.96 bits per heavy atom. The highest BCUT2D eigenvalue weighted by Crippen LogP contribution is 2.25. The van der Waals surface area contributed by atoms with Gasteiger partial charge in [-0.3, -0.25) is 9.48 Å². The number of hydrogen-bond acceptors (Lipinski definition) is 5. The Hall–Kier alpha value is -1.86. The van der Waals surface area contributed by atoms with E-state index in [1.54, 1.807) is 17.8 Å². The lowest BCUT2D eigenvalue weighted by molar-refractivity contribution is 0.0730. The summed E-state index contributed by atoms with van der Waals surface area (Å²) in [6.45, 7) is 3.36. The van der Waals surface area contributed by atoms with Crippen molar-refractivity contribution in [2.45, 2.75) is 25.8 Å². The summed E-state index contributed by atoms with van der Waals surface area (Å²) in [5, 5.41) is 7.25. The van der Waals surface area contributed by atoms with Crippen LogP contribution in [0, 0.1) is 6.92 Å². The van der Waals surface area contributed by atoms with Gasteiger partial charge in [-0.15, -0.1) is 12.4 Å². The average molecular weight is 340 g/mol. The summed E-state index contributed by atoms with van der Waals surface area (Å²) in [6.07, 6.45) is 5.56. The van der Waals surface area contributed by atoms with Crippen LogP contribution in [0.5, 0.6) is 0 Å². The molecule has 1 atom stereocenters. The smallest absolute Gasteiger partial charge is 0.276 e. The van der Waals surface area contributed by atoms with Gasteiger partial charge in [0, 0.05) is 32.4 Å². The first-order chi connectivity index (χ1) is 10.6. The maximum Gasteiger partial charge on any atom is 0.276 e. The zero-order chi connectivity index (χ0) is 15.7. The van der Waals surface area contributed by atoms with Crippen LogP contribution in [0.2, 0.25) is 0 Å². The molecule has 1 aliphatic rings. The number of nitrogens with one attached hydrogen (secondary N) is 1. The maximum atomic E-state index is 12.8. The first-order valence-electron chi connectivity index (χ1n) is 7.52. The largest absolute Gasteiger partial charge is 0.440 e. The number of nitrogens with zero attached hydrogens (tertiary/aromatic N) is 4. The van der Waals surface area contributed by atoms with Crippen molar-refractivity contribution in [1.82, 2.24) is 25.0 Å². The lowest BCUT2D eigenvalue weighted by atomic mass is 10.2. The molecule has 1 unspecified atom stereocenters. The van der Waals surface area contributed by atoms with Crippen LogP contribution in [-0.2, 0) is 7.05 Å². The Morgan fingerprint density at radius 1 is 1.52 bits per heavy atom. The molecule has 1 saturated heterocycles. The summed E-state index contributed by atoms with van der Waals surface area (Å²) in [6, 6.07) is 0.232. The number of likely N-dealkylation sites (tertiary alicyclic amines) is 1. The van der Waals surface area contributed by atoms with Crippen molar-refractivity contribution in [2.24, 2.45) is 7.05 Å². The summed E-state index contributed by atoms with van der Waals surface area (Å²) in [5.41, 5.74) is 1.18. The molecular formula is C15H22ClN5O2. The second kappa shape index (κ2) is 7.14. The Balaban J connectivity index is 0.00000192. The Kier molecular flexibility index (Phi) is 5.43. The Labute approximate surface area is 141 Å². The zero-order valence-corrected chi connectivity index (χ0v) is 14.4. The molecule has 23 heavy (non-hydrogen) atoms. The van der Waals surface area contributed by atoms with E-state index in [4.69, 9.17) is 4.42 Å². The van der Waals surface area contributed by atoms with Crippen molar-refractivity contribution in [1.29, 1.82) is 0 Å². The normalized spacial score (nSPS) is 17.3. The predicted molar refractivity (Wildman–Crippen MR) is 88.7 cm³/mol. The van der Waals surface area contributed by atoms with Crippen LogP contribution in [0.1, 0.15) is 29.1 Å². The molecule has 0 aromatic carbocycles. The van der Waals surface area contributed by atoms with E-state index in [0.717, 1.165) is 31.5 Å². The molecule has 1 aliphatic heterocycles. The van der Waals surface area contributed by atoms with Crippen molar-refractivity contribution >= 4 is 18.3 Å². The molecule has 0 bridgehead atoms. The van der Waals surface area contributed by atoms with Gasteiger partial charge in [-0.1, -0.05) is 0 Å². The zero-order valence-electron chi connectivity index (χ0n) is 13.6. The summed E-state index contributed by atoms with van der Waals surface area (Å²) in [5.74, 6) is 0.950. The highest BCUT2D eigenvalue weighted by atomic mass is 35.5. The van der Waals surface area contributed by atoms with Crippen LogP contribution in [0.3, 0.4) is 0 Å². The minimum Gasteiger partial charge on any atom is -0.440 e. The third-order valence-electron chi connectivity index (χ3n) is 4.03. The van der Waals surface area contributed by atoms with E-state index in [1.165, 1.54) is 0 Å². The number of likely N-dealkylation sites (N-methyl/N-ethyl adjacent to an activating group) is 1. The summed E-state index contributed by atoms with van der Waals surface area (Å²) in [7, 11) is 3.74. The second-order valence-corrected chi connectivity index (χ2v) is 5.68. The van der Waals surface area contributed by atoms with Crippen molar-refractivity contribution in [3.63, 3.8) is 0 Å². The van der Waals surface area contributed by atoms with Crippen LogP contribution in [-0.4, -0.2) is 51.8 Å². The lowest BCUT2D eigenvalue weighted by Gasteiger charge is -2.23. The highest BCUT2D eigenvalue weighted by Gasteiger charge is 2.32. The van der Waals surface area contributed by atoms with Gasteiger partial charge in [0.25, 0.3) is 5.91 Å². The van der Waals surface area contributed by atoms with Crippen molar-refractivity contribution in [2.75, 3.05) is 20.1 Å². The molecule has 0 saturated carbocycles. The third-order valence-corrected chi connectivity index (χ3v) is 4.03. The number of hydrogen-bond donors (Lipinski definition) is 1. The van der Waals surface area contributed by atoms with Crippen molar-refractivity contribution in [3.8, 4) is 11.5 Å². The highest BCUT2D eigenvalue weighted by molar-refractivity contribution is 5.94. The number of aryl methyl sites for hydroxylation is 2. The van der Waals surface area contributed by atoms with Gasteiger partial charge in [0.15, 0.2) is 5.69 Å². The number of carbonyl (C=O) groups excluding carboxylic acids is 1. The average Bonchev–Trinajstić information content (AvgIpc) is 3.18. The first kappa shape index (κ1) is 17.5. The number of rotatable bonds is 4. The van der Waals surface area contributed by atoms with Gasteiger partial charge in [0.2, 0.25) is 5.89 Å². The number of oxazole rings is 1. The molecule has 0 radical (unpaired) electrons. The molecular weight excluding hydrogens is 318 g/mol. The molecule has 2 aromatic rings. The fraction of sp³-hybridized carbons (Fsp3) is 0.533. The summed E-state index contributed by atoms with van der Waals surface area (Å²) >= 11 is 0. The Bertz CT molecular complexity index is 681. The quantitative estimate of drug-likeness (QED) is 0.916. The molecule has 1 N–H and O–H groups in total. The van der Waals surface area contributed by atoms with E-state index in [9.17, 15) is 4.79 Å². The van der Waals surface area contributed by atoms with Gasteiger partial charge in [-0.2, -0.15) is 5.10 Å². The molecule has 7 nitrogen and oxygen atoms in total.